The number of piperidine rings is 1. The Morgan fingerprint density at radius 1 is 1.24 bits per heavy atom. The maximum atomic E-state index is 9.09. The van der Waals surface area contributed by atoms with Crippen LogP contribution in [0.15, 0.2) is 24.5 Å². The van der Waals surface area contributed by atoms with E-state index in [1.165, 1.54) is 0 Å². The average molecular weight is 363 g/mol. The third-order valence-electron chi connectivity index (χ3n) is 4.61. The highest BCUT2D eigenvalue weighted by Crippen LogP contribution is 2.33. The van der Waals surface area contributed by atoms with Crippen molar-refractivity contribution >= 4 is 25.1 Å². The zero-order valence-corrected chi connectivity index (χ0v) is 15.7. The highest BCUT2D eigenvalue weighted by atomic mass is 31.2. The smallest absolute Gasteiger partial charge is 0.164 e. The number of hydrogen-bond acceptors (Lipinski definition) is 6. The second kappa shape index (κ2) is 8.26. The first kappa shape index (κ1) is 18.3. The Balaban J connectivity index is 1.71. The lowest BCUT2D eigenvalue weighted by Gasteiger charge is -2.33. The van der Waals surface area contributed by atoms with Crippen molar-refractivity contribution in [2.24, 2.45) is 5.92 Å². The van der Waals surface area contributed by atoms with Gasteiger partial charge in [-0.25, -0.2) is 9.97 Å². The Hall–Kier alpha value is -1.49. The summed E-state index contributed by atoms with van der Waals surface area (Å²) < 4.78 is 5.75. The lowest BCUT2D eigenvalue weighted by molar-refractivity contribution is 0.242. The molecule has 1 fully saturated rings. The maximum absolute atomic E-state index is 9.09. The average Bonchev–Trinajstić information content (AvgIpc) is 2.59. The lowest BCUT2D eigenvalue weighted by atomic mass is 9.94. The first-order valence-electron chi connectivity index (χ1n) is 8.84. The van der Waals surface area contributed by atoms with Crippen molar-refractivity contribution in [3.63, 3.8) is 0 Å². The van der Waals surface area contributed by atoms with Gasteiger partial charge >= 0.3 is 0 Å². The second-order valence-corrected chi connectivity index (χ2v) is 8.05. The summed E-state index contributed by atoms with van der Waals surface area (Å²) in [6.07, 6.45) is 5.29. The Bertz CT molecular complexity index is 703. The monoisotopic (exact) mass is 363 g/mol. The van der Waals surface area contributed by atoms with E-state index in [2.05, 4.69) is 14.9 Å². The molecule has 25 heavy (non-hydrogen) atoms. The van der Waals surface area contributed by atoms with Gasteiger partial charge < -0.3 is 19.4 Å². The van der Waals surface area contributed by atoms with Gasteiger partial charge in [-0.3, -0.25) is 0 Å². The van der Waals surface area contributed by atoms with Gasteiger partial charge in [-0.2, -0.15) is 0 Å². The summed E-state index contributed by atoms with van der Waals surface area (Å²) in [5, 5.41) is 1.05. The van der Waals surface area contributed by atoms with Gasteiger partial charge in [0.15, 0.2) is 8.38 Å². The van der Waals surface area contributed by atoms with Crippen molar-refractivity contribution in [1.29, 1.82) is 0 Å². The summed E-state index contributed by atoms with van der Waals surface area (Å²) >= 11 is 0. The number of rotatable bonds is 6. The molecule has 1 aliphatic rings. The number of nitrogens with zero attached hydrogens (tertiary/aromatic N) is 3. The quantitative estimate of drug-likeness (QED) is 0.767. The van der Waals surface area contributed by atoms with Crippen molar-refractivity contribution in [3.05, 3.63) is 24.5 Å². The summed E-state index contributed by atoms with van der Waals surface area (Å²) in [5.74, 6) is 2.38. The molecule has 0 atom stereocenters. The molecule has 0 bridgehead atoms. The standard InChI is InChI=1S/C18H26N3O3P/c1-13(2)24-15-3-4-16-17(11-15)19-12-20-18(16)21-8-5-14(6-9-21)7-10-25(22)23/h3-4,11-14,22-23H,5-10H2,1-2H3. The van der Waals surface area contributed by atoms with Crippen LogP contribution in [0.2, 0.25) is 0 Å². The van der Waals surface area contributed by atoms with E-state index in [1.807, 2.05) is 32.0 Å². The fourth-order valence-corrected chi connectivity index (χ4v) is 3.95. The molecule has 3 rings (SSSR count). The van der Waals surface area contributed by atoms with Gasteiger partial charge in [0.1, 0.15) is 17.9 Å². The van der Waals surface area contributed by atoms with Gasteiger partial charge in [0.2, 0.25) is 0 Å². The maximum Gasteiger partial charge on any atom is 0.164 e. The molecular formula is C18H26N3O3P. The minimum Gasteiger partial charge on any atom is -0.491 e. The summed E-state index contributed by atoms with van der Waals surface area (Å²) in [6.45, 7) is 5.90. The van der Waals surface area contributed by atoms with E-state index in [4.69, 9.17) is 14.5 Å². The van der Waals surface area contributed by atoms with Crippen molar-refractivity contribution in [2.75, 3.05) is 24.2 Å². The molecule has 7 heteroatoms. The van der Waals surface area contributed by atoms with Crippen molar-refractivity contribution in [2.45, 2.75) is 39.2 Å². The molecule has 0 amide bonds. The minimum atomic E-state index is -1.76. The van der Waals surface area contributed by atoms with Crippen LogP contribution in [-0.2, 0) is 0 Å². The number of aromatic nitrogens is 2. The molecule has 1 saturated heterocycles. The van der Waals surface area contributed by atoms with Crippen LogP contribution in [0.5, 0.6) is 5.75 Å². The van der Waals surface area contributed by atoms with Gasteiger partial charge in [0, 0.05) is 30.7 Å². The van der Waals surface area contributed by atoms with Gasteiger partial charge in [0.25, 0.3) is 0 Å². The van der Waals surface area contributed by atoms with E-state index in [9.17, 15) is 0 Å². The number of benzene rings is 1. The number of fused-ring (bicyclic) bond motifs is 1. The van der Waals surface area contributed by atoms with Crippen LogP contribution in [0.3, 0.4) is 0 Å². The van der Waals surface area contributed by atoms with Crippen molar-refractivity contribution in [3.8, 4) is 5.75 Å². The Morgan fingerprint density at radius 2 is 2.00 bits per heavy atom. The van der Waals surface area contributed by atoms with Crippen LogP contribution in [0.4, 0.5) is 5.82 Å². The van der Waals surface area contributed by atoms with E-state index in [0.29, 0.717) is 12.1 Å². The molecule has 2 N–H and O–H groups in total. The van der Waals surface area contributed by atoms with E-state index in [0.717, 1.165) is 54.8 Å². The first-order valence-corrected chi connectivity index (χ1v) is 10.3. The third kappa shape index (κ3) is 4.78. The van der Waals surface area contributed by atoms with Crippen LogP contribution in [-0.4, -0.2) is 45.1 Å². The number of hydrogen-bond donors (Lipinski definition) is 2. The molecule has 0 saturated carbocycles. The fraction of sp³-hybridized carbons (Fsp3) is 0.556. The van der Waals surface area contributed by atoms with E-state index < -0.39 is 8.38 Å². The molecule has 1 aromatic heterocycles. The van der Waals surface area contributed by atoms with E-state index in [1.54, 1.807) is 6.33 Å². The second-order valence-electron chi connectivity index (χ2n) is 6.86. The number of ether oxygens (including phenoxy) is 1. The lowest BCUT2D eigenvalue weighted by Crippen LogP contribution is -2.34. The zero-order valence-electron chi connectivity index (χ0n) is 14.8. The van der Waals surface area contributed by atoms with Crippen molar-refractivity contribution in [1.82, 2.24) is 9.97 Å². The summed E-state index contributed by atoms with van der Waals surface area (Å²) in [4.78, 5) is 29.4. The predicted octanol–water partition coefficient (Wildman–Crippen LogP) is 3.32. The number of anilines is 1. The van der Waals surface area contributed by atoms with Crippen LogP contribution in [0.25, 0.3) is 10.9 Å². The molecule has 6 nitrogen and oxygen atoms in total. The summed E-state index contributed by atoms with van der Waals surface area (Å²) in [6, 6.07) is 5.99. The molecule has 2 heterocycles. The largest absolute Gasteiger partial charge is 0.491 e. The summed E-state index contributed by atoms with van der Waals surface area (Å²) in [5.41, 5.74) is 0.900. The van der Waals surface area contributed by atoms with Crippen LogP contribution >= 0.6 is 8.38 Å². The normalized spacial score (nSPS) is 16.2. The van der Waals surface area contributed by atoms with E-state index >= 15 is 0 Å². The first-order chi connectivity index (χ1) is 12.0. The predicted molar refractivity (Wildman–Crippen MR) is 101 cm³/mol. The molecule has 0 radical (unpaired) electrons. The van der Waals surface area contributed by atoms with Crippen LogP contribution in [0.1, 0.15) is 33.1 Å². The minimum absolute atomic E-state index is 0.136. The van der Waals surface area contributed by atoms with Gasteiger partial charge in [-0.05, 0) is 51.2 Å². The molecule has 136 valence electrons. The van der Waals surface area contributed by atoms with E-state index in [-0.39, 0.29) is 6.10 Å². The molecule has 2 aromatic rings. The SMILES string of the molecule is CC(C)Oc1ccc2c(N3CCC(CCP(O)O)CC3)ncnc2c1. The molecule has 1 aromatic carbocycles. The third-order valence-corrected chi connectivity index (χ3v) is 5.27. The van der Waals surface area contributed by atoms with Gasteiger partial charge in [0.05, 0.1) is 11.6 Å². The summed E-state index contributed by atoms with van der Waals surface area (Å²) in [7, 11) is -1.76. The highest BCUT2D eigenvalue weighted by molar-refractivity contribution is 7.45. The molecule has 0 spiro atoms. The van der Waals surface area contributed by atoms with Crippen molar-refractivity contribution < 1.29 is 14.5 Å². The van der Waals surface area contributed by atoms with Crippen LogP contribution in [0, 0.1) is 5.92 Å². The Morgan fingerprint density at radius 3 is 2.68 bits per heavy atom. The molecular weight excluding hydrogens is 337 g/mol. The Labute approximate surface area is 149 Å². The molecule has 0 aliphatic carbocycles. The molecule has 1 aliphatic heterocycles. The van der Waals surface area contributed by atoms with Crippen LogP contribution < -0.4 is 9.64 Å². The van der Waals surface area contributed by atoms with Gasteiger partial charge in [-0.1, -0.05) is 0 Å². The molecule has 0 unspecified atom stereocenters. The highest BCUT2D eigenvalue weighted by Gasteiger charge is 2.22. The topological polar surface area (TPSA) is 78.7 Å². The van der Waals surface area contributed by atoms with Gasteiger partial charge in [-0.15, -0.1) is 0 Å². The zero-order chi connectivity index (χ0) is 17.8. The Kier molecular flexibility index (Phi) is 6.05. The fourth-order valence-electron chi connectivity index (χ4n) is 3.35.